The summed E-state index contributed by atoms with van der Waals surface area (Å²) in [4.78, 5) is 0. The fourth-order valence-electron chi connectivity index (χ4n) is 2.23. The van der Waals surface area contributed by atoms with Crippen LogP contribution in [-0.4, -0.2) is 19.6 Å². The Labute approximate surface area is 121 Å². The van der Waals surface area contributed by atoms with Gasteiger partial charge in [0.25, 0.3) is 0 Å². The first kappa shape index (κ1) is 14.2. The van der Waals surface area contributed by atoms with Crippen molar-refractivity contribution < 1.29 is 0 Å². The summed E-state index contributed by atoms with van der Waals surface area (Å²) in [5, 5.41) is 8.68. The number of halogens is 1. The van der Waals surface area contributed by atoms with E-state index in [0.29, 0.717) is 0 Å². The lowest BCUT2D eigenvalue weighted by Gasteiger charge is -2.17. The van der Waals surface area contributed by atoms with Crippen LogP contribution in [0.5, 0.6) is 0 Å². The van der Waals surface area contributed by atoms with Crippen molar-refractivity contribution in [2.24, 2.45) is 12.9 Å². The van der Waals surface area contributed by atoms with Gasteiger partial charge in [0.1, 0.15) is 0 Å². The molecule has 0 saturated carbocycles. The minimum atomic E-state index is 0.00481. The molecular formula is C12H19BrN6. The number of rotatable bonds is 5. The van der Waals surface area contributed by atoms with E-state index >= 15 is 0 Å². The molecule has 0 fully saturated rings. The highest BCUT2D eigenvalue weighted by atomic mass is 79.9. The summed E-state index contributed by atoms with van der Waals surface area (Å²) in [6.45, 7) is 4.91. The second kappa shape index (κ2) is 5.85. The van der Waals surface area contributed by atoms with Gasteiger partial charge < -0.3 is 0 Å². The normalized spacial score (nSPS) is 12.9. The van der Waals surface area contributed by atoms with Gasteiger partial charge in [-0.05, 0) is 35.8 Å². The molecule has 0 amide bonds. The largest absolute Gasteiger partial charge is 0.271 e. The molecule has 0 aromatic carbocycles. The van der Waals surface area contributed by atoms with Gasteiger partial charge in [-0.1, -0.05) is 0 Å². The van der Waals surface area contributed by atoms with E-state index in [-0.39, 0.29) is 6.04 Å². The summed E-state index contributed by atoms with van der Waals surface area (Å²) in [6.07, 6.45) is 2.53. The summed E-state index contributed by atoms with van der Waals surface area (Å²) in [6, 6.07) is 1.97. The number of nitrogens with zero attached hydrogens (tertiary/aromatic N) is 4. The average Bonchev–Trinajstić information content (AvgIpc) is 2.93. The topological polar surface area (TPSA) is 73.7 Å². The van der Waals surface area contributed by atoms with Gasteiger partial charge in [-0.3, -0.25) is 20.6 Å². The molecule has 1 unspecified atom stereocenters. The summed E-state index contributed by atoms with van der Waals surface area (Å²) in [7, 11) is 1.91. The number of hydrazine groups is 1. The van der Waals surface area contributed by atoms with E-state index < -0.39 is 0 Å². The Balaban J connectivity index is 2.31. The Morgan fingerprint density at radius 2 is 2.26 bits per heavy atom. The Morgan fingerprint density at radius 1 is 1.53 bits per heavy atom. The van der Waals surface area contributed by atoms with E-state index in [1.165, 1.54) is 0 Å². The monoisotopic (exact) mass is 326 g/mol. The Hall–Kier alpha value is -1.18. The number of hydrogen-bond donors (Lipinski definition) is 2. The predicted molar refractivity (Wildman–Crippen MR) is 77.3 cm³/mol. The minimum absolute atomic E-state index is 0.00481. The molecule has 0 bridgehead atoms. The van der Waals surface area contributed by atoms with Crippen molar-refractivity contribution in [2.75, 3.05) is 0 Å². The lowest BCUT2D eigenvalue weighted by atomic mass is 10.1. The average molecular weight is 327 g/mol. The Bertz CT molecular complexity index is 559. The molecule has 0 saturated heterocycles. The van der Waals surface area contributed by atoms with E-state index in [0.717, 1.165) is 34.5 Å². The van der Waals surface area contributed by atoms with Crippen LogP contribution in [-0.2, 0) is 20.0 Å². The molecule has 2 rings (SSSR count). The smallest absolute Gasteiger partial charge is 0.0738 e. The summed E-state index contributed by atoms with van der Waals surface area (Å²) >= 11 is 3.61. The van der Waals surface area contributed by atoms with Gasteiger partial charge in [0, 0.05) is 26.2 Å². The van der Waals surface area contributed by atoms with E-state index in [1.54, 1.807) is 6.20 Å². The van der Waals surface area contributed by atoms with Crippen LogP contribution in [0.25, 0.3) is 0 Å². The second-order valence-corrected chi connectivity index (χ2v) is 5.26. The van der Waals surface area contributed by atoms with Crippen molar-refractivity contribution in [3.8, 4) is 0 Å². The summed E-state index contributed by atoms with van der Waals surface area (Å²) < 4.78 is 4.88. The zero-order valence-electron chi connectivity index (χ0n) is 11.4. The molecule has 7 heteroatoms. The van der Waals surface area contributed by atoms with Crippen LogP contribution in [0.3, 0.4) is 0 Å². The van der Waals surface area contributed by atoms with Gasteiger partial charge in [-0.25, -0.2) is 0 Å². The molecule has 19 heavy (non-hydrogen) atoms. The third kappa shape index (κ3) is 2.72. The van der Waals surface area contributed by atoms with Crippen molar-refractivity contribution in [2.45, 2.75) is 32.9 Å². The predicted octanol–water partition coefficient (Wildman–Crippen LogP) is 1.45. The van der Waals surface area contributed by atoms with E-state index in [2.05, 4.69) is 38.5 Å². The van der Waals surface area contributed by atoms with Crippen LogP contribution in [0.15, 0.2) is 16.7 Å². The fourth-order valence-corrected chi connectivity index (χ4v) is 2.68. The number of hydrogen-bond acceptors (Lipinski definition) is 4. The number of aromatic nitrogens is 4. The van der Waals surface area contributed by atoms with Gasteiger partial charge in [-0.15, -0.1) is 0 Å². The van der Waals surface area contributed by atoms with Crippen LogP contribution < -0.4 is 11.3 Å². The maximum Gasteiger partial charge on any atom is 0.0738 e. The minimum Gasteiger partial charge on any atom is -0.271 e. The molecule has 0 aliphatic rings. The highest BCUT2D eigenvalue weighted by Gasteiger charge is 2.20. The van der Waals surface area contributed by atoms with Gasteiger partial charge in [-0.2, -0.15) is 10.2 Å². The summed E-state index contributed by atoms with van der Waals surface area (Å²) in [5.41, 5.74) is 6.05. The second-order valence-electron chi connectivity index (χ2n) is 4.46. The molecule has 104 valence electrons. The highest BCUT2D eigenvalue weighted by Crippen LogP contribution is 2.26. The van der Waals surface area contributed by atoms with Gasteiger partial charge in [0.05, 0.1) is 27.6 Å². The molecular weight excluding hydrogens is 308 g/mol. The van der Waals surface area contributed by atoms with Gasteiger partial charge in [0.15, 0.2) is 0 Å². The van der Waals surface area contributed by atoms with Crippen molar-refractivity contribution >= 4 is 15.9 Å². The van der Waals surface area contributed by atoms with E-state index in [4.69, 9.17) is 5.84 Å². The lowest BCUT2D eigenvalue weighted by molar-refractivity contribution is 0.485. The molecule has 2 aromatic heterocycles. The molecule has 2 aromatic rings. The molecule has 1 atom stereocenters. The zero-order chi connectivity index (χ0) is 14.0. The van der Waals surface area contributed by atoms with E-state index in [1.807, 2.05) is 29.4 Å². The molecule has 0 spiro atoms. The van der Waals surface area contributed by atoms with Gasteiger partial charge >= 0.3 is 0 Å². The lowest BCUT2D eigenvalue weighted by Crippen LogP contribution is -2.31. The SMILES string of the molecule is CCn1nc(C)c(Br)c1CC(NN)c1ccnn1C. The third-order valence-corrected chi connectivity index (χ3v) is 4.30. The highest BCUT2D eigenvalue weighted by molar-refractivity contribution is 9.10. The standard InChI is InChI=1S/C12H19BrN6/c1-4-19-11(12(13)8(2)17-19)7-9(16-14)10-5-6-15-18(10)3/h5-6,9,16H,4,7,14H2,1-3H3. The van der Waals surface area contributed by atoms with Crippen molar-refractivity contribution in [3.63, 3.8) is 0 Å². The molecule has 2 heterocycles. The first-order chi connectivity index (χ1) is 9.08. The van der Waals surface area contributed by atoms with Gasteiger partial charge in [0.2, 0.25) is 0 Å². The molecule has 0 aliphatic carbocycles. The maximum atomic E-state index is 5.69. The summed E-state index contributed by atoms with van der Waals surface area (Å²) in [5.74, 6) is 5.69. The van der Waals surface area contributed by atoms with Crippen LogP contribution in [0.2, 0.25) is 0 Å². The molecule has 3 N–H and O–H groups in total. The van der Waals surface area contributed by atoms with Crippen molar-refractivity contribution in [3.05, 3.63) is 33.8 Å². The Morgan fingerprint density at radius 3 is 2.79 bits per heavy atom. The molecule has 0 aliphatic heterocycles. The number of nitrogens with two attached hydrogens (primary N) is 1. The Kier molecular flexibility index (Phi) is 4.38. The maximum absolute atomic E-state index is 5.69. The third-order valence-electron chi connectivity index (χ3n) is 3.27. The quantitative estimate of drug-likeness (QED) is 0.644. The van der Waals surface area contributed by atoms with Crippen LogP contribution in [0.4, 0.5) is 0 Å². The van der Waals surface area contributed by atoms with Crippen molar-refractivity contribution in [1.82, 2.24) is 25.0 Å². The number of aryl methyl sites for hydroxylation is 3. The molecule has 6 nitrogen and oxygen atoms in total. The van der Waals surface area contributed by atoms with Crippen molar-refractivity contribution in [1.29, 1.82) is 0 Å². The van der Waals surface area contributed by atoms with Crippen LogP contribution >= 0.6 is 15.9 Å². The first-order valence-electron chi connectivity index (χ1n) is 6.24. The van der Waals surface area contributed by atoms with Crippen LogP contribution in [0.1, 0.15) is 30.0 Å². The number of nitrogens with one attached hydrogen (secondary N) is 1. The van der Waals surface area contributed by atoms with E-state index in [9.17, 15) is 0 Å². The zero-order valence-corrected chi connectivity index (χ0v) is 13.0. The molecule has 0 radical (unpaired) electrons. The van der Waals surface area contributed by atoms with Crippen LogP contribution in [0, 0.1) is 6.92 Å². The first-order valence-corrected chi connectivity index (χ1v) is 7.03. The fraction of sp³-hybridized carbons (Fsp3) is 0.500.